The summed E-state index contributed by atoms with van der Waals surface area (Å²) in [5.74, 6) is 0. The Morgan fingerprint density at radius 2 is 1.40 bits per heavy atom. The molecule has 1 heterocycles. The van der Waals surface area contributed by atoms with Crippen molar-refractivity contribution in [2.45, 2.75) is 83.2 Å². The maximum Gasteiger partial charge on any atom is 0.0199 e. The smallest absolute Gasteiger partial charge is 0.0199 e. The summed E-state index contributed by atoms with van der Waals surface area (Å²) in [4.78, 5) is 2.93. The Hall–Kier alpha value is -0.340. The molecule has 1 aliphatic heterocycles. The summed E-state index contributed by atoms with van der Waals surface area (Å²) in [5.41, 5.74) is 3.35. The fourth-order valence-electron chi connectivity index (χ4n) is 4.32. The molecule has 1 saturated heterocycles. The second-order valence-corrected chi connectivity index (χ2v) is 7.24. The fraction of sp³-hybridized carbons (Fsp3) is 0.889. The number of hydrogen-bond donors (Lipinski definition) is 1. The highest BCUT2D eigenvalue weighted by Crippen LogP contribution is 2.31. The average Bonchev–Trinajstić information content (AvgIpc) is 2.45. The Kier molecular flexibility index (Phi) is 5.17. The third-order valence-electron chi connectivity index (χ3n) is 5.79. The van der Waals surface area contributed by atoms with Crippen LogP contribution in [0.1, 0.15) is 71.1 Å². The molecule has 20 heavy (non-hydrogen) atoms. The van der Waals surface area contributed by atoms with Gasteiger partial charge in [0.2, 0.25) is 0 Å². The SMILES string of the molecule is CC(CN(C1CCCCC1)C1CCCCC1)=C1CNC1. The van der Waals surface area contributed by atoms with Crippen molar-refractivity contribution in [3.63, 3.8) is 0 Å². The van der Waals surface area contributed by atoms with Gasteiger partial charge in [-0.05, 0) is 38.2 Å². The molecule has 2 nitrogen and oxygen atoms in total. The maximum atomic E-state index is 3.40. The van der Waals surface area contributed by atoms with Gasteiger partial charge >= 0.3 is 0 Å². The minimum absolute atomic E-state index is 0.885. The molecular formula is C18H32N2. The second kappa shape index (κ2) is 7.09. The summed E-state index contributed by atoms with van der Waals surface area (Å²) in [6.07, 6.45) is 14.6. The van der Waals surface area contributed by atoms with Crippen LogP contribution in [0.2, 0.25) is 0 Å². The molecule has 0 spiro atoms. The first-order valence-corrected chi connectivity index (χ1v) is 8.98. The zero-order valence-electron chi connectivity index (χ0n) is 13.3. The van der Waals surface area contributed by atoms with Crippen LogP contribution in [0.15, 0.2) is 11.1 Å². The molecule has 0 aromatic heterocycles. The van der Waals surface area contributed by atoms with Gasteiger partial charge in [-0.3, -0.25) is 4.90 Å². The molecular weight excluding hydrogens is 244 g/mol. The summed E-state index contributed by atoms with van der Waals surface area (Å²) in [7, 11) is 0. The molecule has 114 valence electrons. The van der Waals surface area contributed by atoms with E-state index < -0.39 is 0 Å². The largest absolute Gasteiger partial charge is 0.309 e. The quantitative estimate of drug-likeness (QED) is 0.784. The van der Waals surface area contributed by atoms with Crippen LogP contribution in [0.3, 0.4) is 0 Å². The first kappa shape index (κ1) is 14.6. The van der Waals surface area contributed by atoms with Crippen LogP contribution >= 0.6 is 0 Å². The molecule has 3 rings (SSSR count). The van der Waals surface area contributed by atoms with Crippen LogP contribution in [0.5, 0.6) is 0 Å². The van der Waals surface area contributed by atoms with E-state index in [0.717, 1.165) is 25.2 Å². The van der Waals surface area contributed by atoms with Gasteiger partial charge in [0.05, 0.1) is 0 Å². The van der Waals surface area contributed by atoms with E-state index in [-0.39, 0.29) is 0 Å². The standard InChI is InChI=1S/C18H32N2/c1-15(16-12-19-13-16)14-20(17-8-4-2-5-9-17)18-10-6-3-7-11-18/h17-19H,2-14H2,1H3. The van der Waals surface area contributed by atoms with Gasteiger partial charge in [0.25, 0.3) is 0 Å². The van der Waals surface area contributed by atoms with E-state index in [9.17, 15) is 0 Å². The zero-order chi connectivity index (χ0) is 13.8. The van der Waals surface area contributed by atoms with Crippen LogP contribution in [0.4, 0.5) is 0 Å². The summed E-state index contributed by atoms with van der Waals surface area (Å²) in [5, 5.41) is 3.40. The Bertz CT molecular complexity index is 311. The molecule has 0 radical (unpaired) electrons. The van der Waals surface area contributed by atoms with Gasteiger partial charge in [-0.25, -0.2) is 0 Å². The van der Waals surface area contributed by atoms with Crippen molar-refractivity contribution >= 4 is 0 Å². The predicted octanol–water partition coefficient (Wildman–Crippen LogP) is 3.87. The van der Waals surface area contributed by atoms with Crippen LogP contribution in [0, 0.1) is 0 Å². The van der Waals surface area contributed by atoms with Gasteiger partial charge in [0.1, 0.15) is 0 Å². The molecule has 2 heteroatoms. The molecule has 0 atom stereocenters. The molecule has 2 saturated carbocycles. The lowest BCUT2D eigenvalue weighted by Gasteiger charge is -2.42. The van der Waals surface area contributed by atoms with Crippen LogP contribution in [-0.2, 0) is 0 Å². The van der Waals surface area contributed by atoms with Crippen LogP contribution in [0.25, 0.3) is 0 Å². The molecule has 3 aliphatic rings. The maximum absolute atomic E-state index is 3.40. The molecule has 2 aliphatic carbocycles. The first-order chi connectivity index (χ1) is 9.84. The number of nitrogens with zero attached hydrogens (tertiary/aromatic N) is 1. The van der Waals surface area contributed by atoms with Gasteiger partial charge in [0, 0.05) is 31.7 Å². The van der Waals surface area contributed by atoms with Gasteiger partial charge < -0.3 is 5.32 Å². The normalized spacial score (nSPS) is 25.8. The fourth-order valence-corrected chi connectivity index (χ4v) is 4.32. The lowest BCUT2D eigenvalue weighted by molar-refractivity contribution is 0.0906. The van der Waals surface area contributed by atoms with Gasteiger partial charge in [-0.15, -0.1) is 0 Å². The molecule has 0 bridgehead atoms. The Labute approximate surface area is 125 Å². The van der Waals surface area contributed by atoms with E-state index in [1.807, 2.05) is 0 Å². The van der Waals surface area contributed by atoms with Crippen molar-refractivity contribution < 1.29 is 0 Å². The van der Waals surface area contributed by atoms with Crippen molar-refractivity contribution in [2.75, 3.05) is 19.6 Å². The van der Waals surface area contributed by atoms with E-state index in [0.29, 0.717) is 0 Å². The minimum atomic E-state index is 0.885. The molecule has 3 fully saturated rings. The third kappa shape index (κ3) is 3.46. The van der Waals surface area contributed by atoms with Crippen LogP contribution < -0.4 is 5.32 Å². The minimum Gasteiger partial charge on any atom is -0.309 e. The predicted molar refractivity (Wildman–Crippen MR) is 86.0 cm³/mol. The lowest BCUT2D eigenvalue weighted by atomic mass is 9.88. The van der Waals surface area contributed by atoms with Gasteiger partial charge in [0.15, 0.2) is 0 Å². The summed E-state index contributed by atoms with van der Waals surface area (Å²) >= 11 is 0. The average molecular weight is 276 g/mol. The van der Waals surface area contributed by atoms with E-state index in [4.69, 9.17) is 0 Å². The highest BCUT2D eigenvalue weighted by molar-refractivity contribution is 5.22. The molecule has 1 N–H and O–H groups in total. The number of hydrogen-bond acceptors (Lipinski definition) is 2. The zero-order valence-corrected chi connectivity index (χ0v) is 13.3. The Morgan fingerprint density at radius 1 is 0.900 bits per heavy atom. The second-order valence-electron chi connectivity index (χ2n) is 7.24. The van der Waals surface area contributed by atoms with E-state index in [1.54, 1.807) is 11.1 Å². The summed E-state index contributed by atoms with van der Waals surface area (Å²) < 4.78 is 0. The molecule has 0 aromatic carbocycles. The van der Waals surface area contributed by atoms with E-state index in [1.165, 1.54) is 70.8 Å². The molecule has 0 amide bonds. The van der Waals surface area contributed by atoms with Crippen LogP contribution in [-0.4, -0.2) is 36.6 Å². The van der Waals surface area contributed by atoms with Crippen molar-refractivity contribution in [1.82, 2.24) is 10.2 Å². The van der Waals surface area contributed by atoms with Crippen molar-refractivity contribution in [2.24, 2.45) is 0 Å². The number of rotatable bonds is 4. The topological polar surface area (TPSA) is 15.3 Å². The van der Waals surface area contributed by atoms with Gasteiger partial charge in [-0.2, -0.15) is 0 Å². The lowest BCUT2D eigenvalue weighted by Crippen LogP contribution is -2.47. The molecule has 0 aromatic rings. The molecule has 0 unspecified atom stereocenters. The Morgan fingerprint density at radius 3 is 1.80 bits per heavy atom. The van der Waals surface area contributed by atoms with Crippen molar-refractivity contribution in [3.8, 4) is 0 Å². The highest BCUT2D eigenvalue weighted by atomic mass is 15.2. The van der Waals surface area contributed by atoms with Crippen molar-refractivity contribution in [1.29, 1.82) is 0 Å². The van der Waals surface area contributed by atoms with Gasteiger partial charge in [-0.1, -0.05) is 44.1 Å². The Balaban J connectivity index is 1.67. The highest BCUT2D eigenvalue weighted by Gasteiger charge is 2.29. The summed E-state index contributed by atoms with van der Waals surface area (Å²) in [6.45, 7) is 5.94. The number of nitrogens with one attached hydrogen (secondary N) is 1. The third-order valence-corrected chi connectivity index (χ3v) is 5.79. The van der Waals surface area contributed by atoms with E-state index >= 15 is 0 Å². The van der Waals surface area contributed by atoms with Crippen molar-refractivity contribution in [3.05, 3.63) is 11.1 Å². The monoisotopic (exact) mass is 276 g/mol. The first-order valence-electron chi connectivity index (χ1n) is 8.98. The van der Waals surface area contributed by atoms with E-state index in [2.05, 4.69) is 17.1 Å². The summed E-state index contributed by atoms with van der Waals surface area (Å²) in [6, 6.07) is 1.77.